The van der Waals surface area contributed by atoms with Gasteiger partial charge in [-0.15, -0.1) is 11.3 Å². The molecule has 36 heavy (non-hydrogen) atoms. The lowest BCUT2D eigenvalue weighted by atomic mass is 10.1. The van der Waals surface area contributed by atoms with E-state index >= 15 is 0 Å². The summed E-state index contributed by atoms with van der Waals surface area (Å²) in [7, 11) is -3.32. The van der Waals surface area contributed by atoms with Crippen molar-refractivity contribution in [2.75, 3.05) is 38.2 Å². The van der Waals surface area contributed by atoms with Gasteiger partial charge in [-0.05, 0) is 31.9 Å². The van der Waals surface area contributed by atoms with E-state index in [-0.39, 0.29) is 22.0 Å². The number of oxime groups is 1. The second-order valence-corrected chi connectivity index (χ2v) is 12.8. The molecule has 0 spiro atoms. The second-order valence-electron chi connectivity index (χ2n) is 9.48. The SMILES string of the molecule is C[C@H]1CN(Cc2cnc(NC(=O)/C(=N/O[C@@H]3CCOC3)c3ccc(S(=O)(=O)C4CC4)cc3)s2)CCN1. The van der Waals surface area contributed by atoms with Crippen molar-refractivity contribution in [1.29, 1.82) is 0 Å². The Morgan fingerprint density at radius 2 is 2.11 bits per heavy atom. The fourth-order valence-corrected chi connectivity index (χ4v) is 6.80. The first-order valence-corrected chi connectivity index (χ1v) is 14.6. The molecule has 2 atom stereocenters. The number of amides is 1. The third kappa shape index (κ3) is 6.12. The van der Waals surface area contributed by atoms with Gasteiger partial charge in [0.05, 0.1) is 23.4 Å². The number of nitrogens with zero attached hydrogens (tertiary/aromatic N) is 3. The molecular formula is C24H31N5O5S2. The Morgan fingerprint density at radius 1 is 1.31 bits per heavy atom. The lowest BCUT2D eigenvalue weighted by molar-refractivity contribution is -0.110. The second kappa shape index (κ2) is 10.9. The first-order valence-electron chi connectivity index (χ1n) is 12.3. The number of piperazine rings is 1. The van der Waals surface area contributed by atoms with E-state index < -0.39 is 15.7 Å². The van der Waals surface area contributed by atoms with Gasteiger partial charge in [0.1, 0.15) is 0 Å². The molecule has 0 radical (unpaired) electrons. The van der Waals surface area contributed by atoms with E-state index in [0.717, 1.165) is 31.1 Å². The molecule has 3 heterocycles. The Balaban J connectivity index is 1.30. The van der Waals surface area contributed by atoms with Crippen LogP contribution >= 0.6 is 11.3 Å². The van der Waals surface area contributed by atoms with Crippen LogP contribution in [0.2, 0.25) is 0 Å². The molecular weight excluding hydrogens is 502 g/mol. The van der Waals surface area contributed by atoms with Gasteiger partial charge in [-0.2, -0.15) is 0 Å². The Hall–Kier alpha value is -2.38. The van der Waals surface area contributed by atoms with E-state index in [4.69, 9.17) is 9.57 Å². The molecule has 2 aromatic rings. The first kappa shape index (κ1) is 25.3. The van der Waals surface area contributed by atoms with Gasteiger partial charge in [0.25, 0.3) is 5.91 Å². The van der Waals surface area contributed by atoms with Crippen molar-refractivity contribution < 1.29 is 22.8 Å². The molecule has 1 aliphatic carbocycles. The Labute approximate surface area is 215 Å². The molecule has 0 unspecified atom stereocenters. The fourth-order valence-electron chi connectivity index (χ4n) is 4.29. The van der Waals surface area contributed by atoms with Gasteiger partial charge in [-0.1, -0.05) is 17.3 Å². The van der Waals surface area contributed by atoms with Crippen LogP contribution in [0.15, 0.2) is 40.5 Å². The molecule has 2 N–H and O–H groups in total. The Morgan fingerprint density at radius 3 is 2.81 bits per heavy atom. The Bertz CT molecular complexity index is 1200. The van der Waals surface area contributed by atoms with Gasteiger partial charge in [0, 0.05) is 55.3 Å². The highest BCUT2D eigenvalue weighted by atomic mass is 32.2. The maximum atomic E-state index is 13.2. The molecule has 12 heteroatoms. The highest BCUT2D eigenvalue weighted by molar-refractivity contribution is 7.92. The van der Waals surface area contributed by atoms with E-state index in [2.05, 4.69) is 32.6 Å². The van der Waals surface area contributed by atoms with Crippen molar-refractivity contribution >= 4 is 37.9 Å². The van der Waals surface area contributed by atoms with E-state index in [9.17, 15) is 13.2 Å². The maximum absolute atomic E-state index is 13.2. The highest BCUT2D eigenvalue weighted by Crippen LogP contribution is 2.33. The monoisotopic (exact) mass is 533 g/mol. The number of rotatable bonds is 9. The molecule has 3 aliphatic rings. The highest BCUT2D eigenvalue weighted by Gasteiger charge is 2.36. The van der Waals surface area contributed by atoms with Crippen molar-refractivity contribution in [2.24, 2.45) is 5.16 Å². The van der Waals surface area contributed by atoms with Gasteiger partial charge < -0.3 is 14.9 Å². The van der Waals surface area contributed by atoms with Crippen LogP contribution in [0.3, 0.4) is 0 Å². The molecule has 1 aromatic heterocycles. The summed E-state index contributed by atoms with van der Waals surface area (Å²) in [5, 5.41) is 10.6. The smallest absolute Gasteiger partial charge is 0.280 e. The van der Waals surface area contributed by atoms with Crippen molar-refractivity contribution in [1.82, 2.24) is 15.2 Å². The van der Waals surface area contributed by atoms with Crippen LogP contribution in [-0.2, 0) is 30.8 Å². The zero-order valence-corrected chi connectivity index (χ0v) is 21.8. The number of carbonyl (C=O) groups excluding carboxylic acids is 1. The van der Waals surface area contributed by atoms with Gasteiger partial charge in [0.2, 0.25) is 0 Å². The van der Waals surface area contributed by atoms with E-state index in [1.807, 2.05) is 0 Å². The minimum atomic E-state index is -3.32. The Kier molecular flexibility index (Phi) is 7.68. The number of aromatic nitrogens is 1. The van der Waals surface area contributed by atoms with Crippen molar-refractivity contribution in [2.45, 2.75) is 55.0 Å². The predicted octanol–water partition coefficient (Wildman–Crippen LogP) is 2.02. The first-order chi connectivity index (χ1) is 17.4. The number of anilines is 1. The summed E-state index contributed by atoms with van der Waals surface area (Å²) in [6.45, 7) is 6.83. The summed E-state index contributed by atoms with van der Waals surface area (Å²) in [4.78, 5) is 26.9. The number of hydrogen-bond acceptors (Lipinski definition) is 10. The van der Waals surface area contributed by atoms with Gasteiger partial charge >= 0.3 is 0 Å². The zero-order valence-electron chi connectivity index (χ0n) is 20.2. The van der Waals surface area contributed by atoms with Gasteiger partial charge in [0.15, 0.2) is 26.8 Å². The lowest BCUT2D eigenvalue weighted by Gasteiger charge is -2.31. The summed E-state index contributed by atoms with van der Waals surface area (Å²) in [5.74, 6) is -0.469. The number of sulfone groups is 1. The van der Waals surface area contributed by atoms with Crippen LogP contribution < -0.4 is 10.6 Å². The van der Waals surface area contributed by atoms with Gasteiger partial charge in [-0.3, -0.25) is 15.0 Å². The van der Waals surface area contributed by atoms with E-state index in [1.165, 1.54) is 23.5 Å². The van der Waals surface area contributed by atoms with Gasteiger partial charge in [-0.25, -0.2) is 13.4 Å². The summed E-state index contributed by atoms with van der Waals surface area (Å²) in [6.07, 6.45) is 3.64. The largest absolute Gasteiger partial charge is 0.389 e. The minimum Gasteiger partial charge on any atom is -0.389 e. The topological polar surface area (TPSA) is 122 Å². The summed E-state index contributed by atoms with van der Waals surface area (Å²) in [5.41, 5.74) is 0.526. The molecule has 194 valence electrons. The average Bonchev–Trinajstić information content (AvgIpc) is 3.44. The summed E-state index contributed by atoms with van der Waals surface area (Å²) in [6, 6.07) is 6.70. The maximum Gasteiger partial charge on any atom is 0.280 e. The third-order valence-electron chi connectivity index (χ3n) is 6.42. The summed E-state index contributed by atoms with van der Waals surface area (Å²) < 4.78 is 30.4. The van der Waals surface area contributed by atoms with Crippen LogP contribution in [0, 0.1) is 0 Å². The van der Waals surface area contributed by atoms with Crippen LogP contribution in [0.5, 0.6) is 0 Å². The lowest BCUT2D eigenvalue weighted by Crippen LogP contribution is -2.48. The fraction of sp³-hybridized carbons (Fsp3) is 0.542. The average molecular weight is 534 g/mol. The molecule has 1 amide bonds. The van der Waals surface area contributed by atoms with Crippen LogP contribution in [-0.4, -0.2) is 80.2 Å². The molecule has 2 saturated heterocycles. The normalized spacial score (nSPS) is 23.5. The third-order valence-corrected chi connectivity index (χ3v) is 9.60. The van der Waals surface area contributed by atoms with Crippen LogP contribution in [0.25, 0.3) is 0 Å². The zero-order chi connectivity index (χ0) is 25.1. The number of thiazole rings is 1. The molecule has 3 fully saturated rings. The molecule has 10 nitrogen and oxygen atoms in total. The molecule has 5 rings (SSSR count). The molecule has 0 bridgehead atoms. The molecule has 1 saturated carbocycles. The standard InChI is InChI=1S/C24H31N5O5S2/c1-16-13-29(10-9-25-16)14-19-12-26-24(35-19)27-23(30)22(28-34-18-8-11-33-15-18)17-2-4-20(5-3-17)36(31,32)21-6-7-21/h2-5,12,16,18,21,25H,6-11,13-15H2,1H3,(H,26,27,30)/b28-22+/t16-,18+/m0/s1. The van der Waals surface area contributed by atoms with Crippen LogP contribution in [0.1, 0.15) is 36.6 Å². The van der Waals surface area contributed by atoms with Crippen molar-refractivity contribution in [3.63, 3.8) is 0 Å². The molecule has 1 aromatic carbocycles. The van der Waals surface area contributed by atoms with Crippen LogP contribution in [0.4, 0.5) is 5.13 Å². The predicted molar refractivity (Wildman–Crippen MR) is 137 cm³/mol. The quantitative estimate of drug-likeness (QED) is 0.371. The number of ether oxygens (including phenoxy) is 1. The molecule has 2 aliphatic heterocycles. The number of hydrogen-bond donors (Lipinski definition) is 2. The van der Waals surface area contributed by atoms with E-state index in [0.29, 0.717) is 49.2 Å². The number of nitrogens with one attached hydrogen (secondary N) is 2. The number of benzene rings is 1. The van der Waals surface area contributed by atoms with E-state index in [1.54, 1.807) is 18.3 Å². The minimum absolute atomic E-state index is 0.0601. The number of carbonyl (C=O) groups is 1. The summed E-state index contributed by atoms with van der Waals surface area (Å²) >= 11 is 1.43. The van der Waals surface area contributed by atoms with Crippen molar-refractivity contribution in [3.8, 4) is 0 Å². The van der Waals surface area contributed by atoms with Crippen molar-refractivity contribution in [3.05, 3.63) is 40.9 Å².